The lowest BCUT2D eigenvalue weighted by molar-refractivity contribution is -0.122. The fourth-order valence-corrected chi connectivity index (χ4v) is 2.33. The maximum atomic E-state index is 12.1. The number of nitrogens with one attached hydrogen (secondary N) is 1. The number of halogens is 1. The van der Waals surface area contributed by atoms with Crippen LogP contribution < -0.4 is 16.8 Å². The van der Waals surface area contributed by atoms with Crippen molar-refractivity contribution in [3.63, 3.8) is 0 Å². The molecule has 1 atom stereocenters. The van der Waals surface area contributed by atoms with Crippen molar-refractivity contribution in [2.45, 2.75) is 25.9 Å². The molecule has 2 rings (SSSR count). The summed E-state index contributed by atoms with van der Waals surface area (Å²) in [7, 11) is 0. The van der Waals surface area contributed by atoms with Crippen molar-refractivity contribution in [1.29, 1.82) is 0 Å². The van der Waals surface area contributed by atoms with Crippen LogP contribution in [0.15, 0.2) is 36.4 Å². The van der Waals surface area contributed by atoms with E-state index in [0.717, 1.165) is 16.8 Å². The summed E-state index contributed by atoms with van der Waals surface area (Å²) in [6.45, 7) is 2.23. The van der Waals surface area contributed by atoms with Gasteiger partial charge in [0.05, 0.1) is 6.04 Å². The van der Waals surface area contributed by atoms with Gasteiger partial charge in [-0.25, -0.2) is 4.98 Å². The maximum Gasteiger partial charge on any atom is 0.237 e. The monoisotopic (exact) mass is 318 g/mol. The van der Waals surface area contributed by atoms with E-state index in [1.165, 1.54) is 0 Å². The van der Waals surface area contributed by atoms with Crippen LogP contribution in [0.3, 0.4) is 0 Å². The van der Waals surface area contributed by atoms with E-state index in [2.05, 4.69) is 10.3 Å². The summed E-state index contributed by atoms with van der Waals surface area (Å²) in [6, 6.07) is 10.3. The van der Waals surface area contributed by atoms with Crippen LogP contribution in [0.5, 0.6) is 0 Å². The van der Waals surface area contributed by atoms with E-state index in [1.54, 1.807) is 12.1 Å². The van der Waals surface area contributed by atoms with E-state index in [0.29, 0.717) is 23.8 Å². The number of amides is 1. The molecule has 22 heavy (non-hydrogen) atoms. The molecule has 1 heterocycles. The van der Waals surface area contributed by atoms with Crippen molar-refractivity contribution in [1.82, 2.24) is 10.3 Å². The zero-order chi connectivity index (χ0) is 16.1. The number of nitrogen functional groups attached to an aromatic ring is 1. The number of hydrogen-bond acceptors (Lipinski definition) is 4. The van der Waals surface area contributed by atoms with Crippen LogP contribution in [0.4, 0.5) is 5.82 Å². The number of aryl methyl sites for hydroxylation is 1. The van der Waals surface area contributed by atoms with Crippen LogP contribution in [0, 0.1) is 6.92 Å². The number of nitrogens with zero attached hydrogens (tertiary/aromatic N) is 1. The number of carbonyl (C=O) groups is 1. The van der Waals surface area contributed by atoms with Crippen molar-refractivity contribution >= 4 is 23.3 Å². The molecular formula is C16H19ClN4O. The molecule has 1 aromatic heterocycles. The molecule has 0 saturated heterocycles. The van der Waals surface area contributed by atoms with Gasteiger partial charge in [0.2, 0.25) is 5.91 Å². The highest BCUT2D eigenvalue weighted by Crippen LogP contribution is 2.12. The van der Waals surface area contributed by atoms with E-state index in [1.807, 2.05) is 31.2 Å². The molecule has 0 spiro atoms. The van der Waals surface area contributed by atoms with Crippen molar-refractivity contribution in [3.8, 4) is 0 Å². The van der Waals surface area contributed by atoms with E-state index in [4.69, 9.17) is 23.1 Å². The summed E-state index contributed by atoms with van der Waals surface area (Å²) < 4.78 is 0. The molecule has 0 bridgehead atoms. The molecule has 1 amide bonds. The van der Waals surface area contributed by atoms with Gasteiger partial charge >= 0.3 is 0 Å². The van der Waals surface area contributed by atoms with Gasteiger partial charge in [0.15, 0.2) is 0 Å². The van der Waals surface area contributed by atoms with Gasteiger partial charge in [-0.15, -0.1) is 0 Å². The van der Waals surface area contributed by atoms with Crippen molar-refractivity contribution in [2.24, 2.45) is 5.73 Å². The molecule has 5 nitrogen and oxygen atoms in total. The van der Waals surface area contributed by atoms with Crippen LogP contribution in [0.25, 0.3) is 0 Å². The van der Waals surface area contributed by atoms with Gasteiger partial charge in [0.25, 0.3) is 0 Å². The smallest absolute Gasteiger partial charge is 0.237 e. The summed E-state index contributed by atoms with van der Waals surface area (Å²) in [5.41, 5.74) is 14.2. The molecule has 5 N–H and O–H groups in total. The zero-order valence-corrected chi connectivity index (χ0v) is 13.1. The van der Waals surface area contributed by atoms with Crippen molar-refractivity contribution < 1.29 is 4.79 Å². The molecule has 0 unspecified atom stereocenters. The van der Waals surface area contributed by atoms with Gasteiger partial charge in [-0.05, 0) is 42.7 Å². The highest BCUT2D eigenvalue weighted by atomic mass is 35.5. The number of anilines is 1. The quantitative estimate of drug-likeness (QED) is 0.783. The second-order valence-corrected chi connectivity index (χ2v) is 5.58. The van der Waals surface area contributed by atoms with Crippen LogP contribution in [-0.2, 0) is 17.8 Å². The Morgan fingerprint density at radius 2 is 2.14 bits per heavy atom. The number of hydrogen-bond donors (Lipinski definition) is 3. The highest BCUT2D eigenvalue weighted by molar-refractivity contribution is 6.30. The molecule has 0 saturated carbocycles. The molecule has 0 aliphatic heterocycles. The topological polar surface area (TPSA) is 94.0 Å². The Morgan fingerprint density at radius 3 is 2.82 bits per heavy atom. The summed E-state index contributed by atoms with van der Waals surface area (Å²) in [5, 5.41) is 3.45. The minimum atomic E-state index is -0.625. The Labute approximate surface area is 134 Å². The lowest BCUT2D eigenvalue weighted by Crippen LogP contribution is -2.41. The Balaban J connectivity index is 1.91. The number of aromatic nitrogens is 1. The first-order valence-corrected chi connectivity index (χ1v) is 7.33. The summed E-state index contributed by atoms with van der Waals surface area (Å²) in [4.78, 5) is 16.2. The number of carbonyl (C=O) groups excluding carboxylic acids is 1. The normalized spacial score (nSPS) is 12.0. The van der Waals surface area contributed by atoms with Crippen LogP contribution >= 0.6 is 11.6 Å². The summed E-state index contributed by atoms with van der Waals surface area (Å²) >= 11 is 5.92. The number of nitrogens with two attached hydrogens (primary N) is 2. The number of rotatable bonds is 5. The Morgan fingerprint density at radius 1 is 1.36 bits per heavy atom. The first-order chi connectivity index (χ1) is 10.5. The van der Waals surface area contributed by atoms with Gasteiger partial charge in [0.1, 0.15) is 5.82 Å². The van der Waals surface area contributed by atoms with E-state index in [-0.39, 0.29) is 5.91 Å². The minimum absolute atomic E-state index is 0.212. The van der Waals surface area contributed by atoms with Gasteiger partial charge in [0, 0.05) is 17.3 Å². The molecular weight excluding hydrogens is 300 g/mol. The van der Waals surface area contributed by atoms with Crippen molar-refractivity contribution in [2.75, 3.05) is 5.73 Å². The third kappa shape index (κ3) is 4.44. The molecule has 2 aromatic rings. The van der Waals surface area contributed by atoms with Gasteiger partial charge in [-0.1, -0.05) is 29.8 Å². The Hall–Kier alpha value is -2.11. The maximum absolute atomic E-state index is 12.1. The van der Waals surface area contributed by atoms with Gasteiger partial charge < -0.3 is 16.8 Å². The van der Waals surface area contributed by atoms with E-state index < -0.39 is 6.04 Å². The largest absolute Gasteiger partial charge is 0.384 e. The third-order valence-electron chi connectivity index (χ3n) is 3.35. The molecule has 0 fully saturated rings. The van der Waals surface area contributed by atoms with Crippen LogP contribution in [0.2, 0.25) is 5.02 Å². The van der Waals surface area contributed by atoms with E-state index >= 15 is 0 Å². The third-order valence-corrected chi connectivity index (χ3v) is 3.59. The SMILES string of the molecule is Cc1nc(N)ccc1CNC(=O)[C@H](N)Cc1cccc(Cl)c1. The van der Waals surface area contributed by atoms with Crippen LogP contribution in [0.1, 0.15) is 16.8 Å². The molecule has 6 heteroatoms. The van der Waals surface area contributed by atoms with Gasteiger partial charge in [-0.3, -0.25) is 4.79 Å². The average Bonchev–Trinajstić information content (AvgIpc) is 2.46. The van der Waals surface area contributed by atoms with Crippen LogP contribution in [-0.4, -0.2) is 16.9 Å². The predicted molar refractivity (Wildman–Crippen MR) is 88.4 cm³/mol. The highest BCUT2D eigenvalue weighted by Gasteiger charge is 2.14. The standard InChI is InChI=1S/C16H19ClN4O/c1-10-12(5-6-15(19)21-10)9-20-16(22)14(18)8-11-3-2-4-13(17)7-11/h2-7,14H,8-9,18H2,1H3,(H2,19,21)(H,20,22)/t14-/m1/s1. The molecule has 0 aliphatic carbocycles. The lowest BCUT2D eigenvalue weighted by atomic mass is 10.1. The second kappa shape index (κ2) is 7.24. The fourth-order valence-electron chi connectivity index (χ4n) is 2.12. The van der Waals surface area contributed by atoms with E-state index in [9.17, 15) is 4.79 Å². The average molecular weight is 319 g/mol. The lowest BCUT2D eigenvalue weighted by Gasteiger charge is -2.13. The fraction of sp³-hybridized carbons (Fsp3) is 0.250. The number of benzene rings is 1. The Bertz CT molecular complexity index is 675. The van der Waals surface area contributed by atoms with Crippen molar-refractivity contribution in [3.05, 3.63) is 58.2 Å². The van der Waals surface area contributed by atoms with Gasteiger partial charge in [-0.2, -0.15) is 0 Å². The molecule has 0 radical (unpaired) electrons. The second-order valence-electron chi connectivity index (χ2n) is 5.14. The Kier molecular flexibility index (Phi) is 5.35. The molecule has 1 aromatic carbocycles. The minimum Gasteiger partial charge on any atom is -0.384 e. The number of pyridine rings is 1. The molecule has 116 valence electrons. The predicted octanol–water partition coefficient (Wildman–Crippen LogP) is 1.81. The summed E-state index contributed by atoms with van der Waals surface area (Å²) in [5.74, 6) is 0.251. The first-order valence-electron chi connectivity index (χ1n) is 6.95. The zero-order valence-electron chi connectivity index (χ0n) is 12.3. The first kappa shape index (κ1) is 16.3. The summed E-state index contributed by atoms with van der Waals surface area (Å²) in [6.07, 6.45) is 0.436. The molecule has 0 aliphatic rings.